The fourth-order valence-electron chi connectivity index (χ4n) is 8.96. The Kier molecular flexibility index (Phi) is 12.1. The third kappa shape index (κ3) is 8.37. The number of hydrogen-bond donors (Lipinski definition) is 4. The van der Waals surface area contributed by atoms with Crippen LogP contribution in [0.15, 0.2) is 103 Å². The van der Waals surface area contributed by atoms with Gasteiger partial charge in [0.05, 0.1) is 43.0 Å². The molecule has 2 aliphatic rings. The van der Waals surface area contributed by atoms with E-state index in [1.54, 1.807) is 0 Å². The summed E-state index contributed by atoms with van der Waals surface area (Å²) >= 11 is 0. The molecule has 2 aromatic heterocycles. The molecule has 14 heteroatoms. The third-order valence-electron chi connectivity index (χ3n) is 12.3. The Morgan fingerprint density at radius 2 is 1.29 bits per heavy atom. The highest BCUT2D eigenvalue weighted by Gasteiger charge is 2.40. The van der Waals surface area contributed by atoms with Crippen LogP contribution in [0.1, 0.15) is 81.8 Å². The molecule has 8 rings (SSSR count). The van der Waals surface area contributed by atoms with Gasteiger partial charge in [-0.15, -0.1) is 0 Å². The molecular formula is C48H53N9O5. The van der Waals surface area contributed by atoms with Crippen molar-refractivity contribution < 1.29 is 23.9 Å². The lowest BCUT2D eigenvalue weighted by Crippen LogP contribution is -2.51. The summed E-state index contributed by atoms with van der Waals surface area (Å²) in [5, 5.41) is 4.89. The fraction of sp³-hybridized carbons (Fsp3) is 0.333. The van der Waals surface area contributed by atoms with Crippen LogP contribution in [-0.2, 0) is 14.3 Å². The molecule has 0 bridgehead atoms. The highest BCUT2D eigenvalue weighted by molar-refractivity contribution is 5.91. The smallest absolute Gasteiger partial charge is 0.407 e. The van der Waals surface area contributed by atoms with E-state index in [-0.39, 0.29) is 29.8 Å². The molecule has 2 saturated heterocycles. The Hall–Kier alpha value is -6.96. The van der Waals surface area contributed by atoms with Crippen LogP contribution in [0.3, 0.4) is 0 Å². The van der Waals surface area contributed by atoms with E-state index in [9.17, 15) is 19.2 Å². The van der Waals surface area contributed by atoms with Gasteiger partial charge in [0.25, 0.3) is 5.91 Å². The lowest BCUT2D eigenvalue weighted by atomic mass is 9.98. The molecule has 6 aromatic rings. The molecule has 0 radical (unpaired) electrons. The largest absolute Gasteiger partial charge is 0.453 e. The SMILES string of the molecule is CCN(C(N)=O)C(C(=O)N1CCCC1c1ncc(-c2ccc(-c3ccc4cc(-c5cnc(C6CCCN6C(=O)C(NC(=O)OC)C(C)C)[nH]5)ccc4c3)cc2)[nH]1)c1ccccc1. The van der Waals surface area contributed by atoms with E-state index in [4.69, 9.17) is 20.4 Å². The number of rotatable bonds is 12. The first-order valence-electron chi connectivity index (χ1n) is 21.4. The predicted molar refractivity (Wildman–Crippen MR) is 237 cm³/mol. The number of benzene rings is 4. The Morgan fingerprint density at radius 1 is 0.758 bits per heavy atom. The van der Waals surface area contributed by atoms with Gasteiger partial charge in [-0.1, -0.05) is 92.7 Å². The molecule has 5 N–H and O–H groups in total. The zero-order valence-corrected chi connectivity index (χ0v) is 35.5. The second kappa shape index (κ2) is 17.9. The normalized spacial score (nSPS) is 17.3. The summed E-state index contributed by atoms with van der Waals surface area (Å²) in [6.45, 7) is 7.09. The standard InChI is InChI=1S/C48H53N9O5/c1-5-55(47(49)60)42(32-11-7-6-8-12-32)46(59)57-24-10-14-40(57)44-50-27-37(52-44)31-17-15-30(16-18-31)33-19-20-35-26-36(22-21-34(35)25-33)38-28-51-43(53-38)39-13-9-23-56(39)45(58)41(29(2)3)54-48(61)62-4/h6-8,11-12,15-22,25-29,39-42H,5,9-10,13-14,23-24H2,1-4H3,(H2,49,60)(H,50,52)(H,51,53)(H,54,61). The number of hydrogen-bond acceptors (Lipinski definition) is 7. The number of carbonyl (C=O) groups is 4. The summed E-state index contributed by atoms with van der Waals surface area (Å²) in [6, 6.07) is 27.8. The average Bonchev–Trinajstić information content (AvgIpc) is 4.14. The fourth-order valence-corrected chi connectivity index (χ4v) is 8.96. The number of fused-ring (bicyclic) bond motifs is 1. The van der Waals surface area contributed by atoms with Crippen molar-refractivity contribution >= 4 is 34.7 Å². The average molecular weight is 836 g/mol. The molecule has 4 unspecified atom stereocenters. The summed E-state index contributed by atoms with van der Waals surface area (Å²) in [5.41, 5.74) is 12.3. The van der Waals surface area contributed by atoms with Gasteiger partial charge in [0.1, 0.15) is 23.7 Å². The van der Waals surface area contributed by atoms with Crippen LogP contribution >= 0.6 is 0 Å². The quantitative estimate of drug-likeness (QED) is 0.0960. The Bertz CT molecular complexity index is 2570. The number of methoxy groups -OCH3 is 1. The van der Waals surface area contributed by atoms with E-state index in [0.29, 0.717) is 25.5 Å². The van der Waals surface area contributed by atoms with Gasteiger partial charge in [-0.05, 0) is 83.7 Å². The number of nitrogens with one attached hydrogen (secondary N) is 3. The Morgan fingerprint density at radius 3 is 1.85 bits per heavy atom. The Labute approximate surface area is 360 Å². The molecule has 0 aliphatic carbocycles. The highest BCUT2D eigenvalue weighted by atomic mass is 16.5. The summed E-state index contributed by atoms with van der Waals surface area (Å²) in [7, 11) is 1.29. The van der Waals surface area contributed by atoms with Gasteiger partial charge < -0.3 is 40.5 Å². The van der Waals surface area contributed by atoms with Crippen molar-refractivity contribution in [3.05, 3.63) is 121 Å². The number of alkyl carbamates (subject to hydrolysis) is 1. The first-order chi connectivity index (χ1) is 30.0. The number of nitrogens with zero attached hydrogens (tertiary/aromatic N) is 5. The number of primary amides is 1. The van der Waals surface area contributed by atoms with Gasteiger partial charge in [0.2, 0.25) is 5.91 Å². The molecule has 4 aromatic carbocycles. The summed E-state index contributed by atoms with van der Waals surface area (Å²) in [5.74, 6) is 1.02. The van der Waals surface area contributed by atoms with E-state index >= 15 is 0 Å². The molecule has 0 spiro atoms. The van der Waals surface area contributed by atoms with Crippen LogP contribution in [0.4, 0.5) is 9.59 Å². The predicted octanol–water partition coefficient (Wildman–Crippen LogP) is 8.14. The van der Waals surface area contributed by atoms with Gasteiger partial charge in [-0.2, -0.15) is 0 Å². The van der Waals surface area contributed by atoms with E-state index in [1.165, 1.54) is 12.0 Å². The lowest BCUT2D eigenvalue weighted by molar-refractivity contribution is -0.137. The lowest BCUT2D eigenvalue weighted by Gasteiger charge is -2.34. The van der Waals surface area contributed by atoms with Gasteiger partial charge in [0, 0.05) is 25.2 Å². The van der Waals surface area contributed by atoms with Gasteiger partial charge >= 0.3 is 12.1 Å². The van der Waals surface area contributed by atoms with Crippen molar-refractivity contribution in [1.82, 2.24) is 40.0 Å². The van der Waals surface area contributed by atoms with Crippen molar-refractivity contribution in [3.8, 4) is 33.6 Å². The summed E-state index contributed by atoms with van der Waals surface area (Å²) < 4.78 is 4.77. The molecule has 4 heterocycles. The van der Waals surface area contributed by atoms with Gasteiger partial charge in [-0.3, -0.25) is 9.59 Å². The topological polar surface area (TPSA) is 183 Å². The van der Waals surface area contributed by atoms with Crippen molar-refractivity contribution in [2.24, 2.45) is 11.7 Å². The third-order valence-corrected chi connectivity index (χ3v) is 12.3. The molecule has 14 nitrogen and oxygen atoms in total. The summed E-state index contributed by atoms with van der Waals surface area (Å²) in [4.78, 5) is 73.7. The number of likely N-dealkylation sites (tertiary alicyclic amines) is 2. The monoisotopic (exact) mass is 835 g/mol. The van der Waals surface area contributed by atoms with E-state index < -0.39 is 24.2 Å². The maximum absolute atomic E-state index is 14.2. The molecular weight excluding hydrogens is 783 g/mol. The molecule has 2 aliphatic heterocycles. The number of H-pyrrole nitrogens is 2. The molecule has 0 saturated carbocycles. The second-order valence-corrected chi connectivity index (χ2v) is 16.4. The van der Waals surface area contributed by atoms with E-state index in [1.807, 2.05) is 73.3 Å². The number of nitrogens with two attached hydrogens (primary N) is 1. The molecule has 2 fully saturated rings. The number of amides is 5. The number of ether oxygens (including phenoxy) is 1. The van der Waals surface area contributed by atoms with Crippen LogP contribution in [0.2, 0.25) is 0 Å². The minimum absolute atomic E-state index is 0.108. The van der Waals surface area contributed by atoms with E-state index in [0.717, 1.165) is 81.5 Å². The maximum Gasteiger partial charge on any atom is 0.407 e. The molecule has 62 heavy (non-hydrogen) atoms. The van der Waals surface area contributed by atoms with Crippen molar-refractivity contribution in [3.63, 3.8) is 0 Å². The van der Waals surface area contributed by atoms with Crippen molar-refractivity contribution in [1.29, 1.82) is 0 Å². The number of likely N-dealkylation sites (N-methyl/N-ethyl adjacent to an activating group) is 1. The summed E-state index contributed by atoms with van der Waals surface area (Å²) in [6.07, 6.45) is 6.22. The van der Waals surface area contributed by atoms with Gasteiger partial charge in [-0.25, -0.2) is 19.6 Å². The van der Waals surface area contributed by atoms with Gasteiger partial charge in [0.15, 0.2) is 0 Å². The molecule has 4 atom stereocenters. The maximum atomic E-state index is 14.2. The first-order valence-corrected chi connectivity index (χ1v) is 21.4. The number of urea groups is 1. The number of aromatic amines is 2. The van der Waals surface area contributed by atoms with Crippen LogP contribution in [0.25, 0.3) is 44.4 Å². The van der Waals surface area contributed by atoms with Crippen LogP contribution in [-0.4, -0.2) is 91.4 Å². The molecule has 5 amide bonds. The van der Waals surface area contributed by atoms with Crippen molar-refractivity contribution in [2.45, 2.75) is 70.6 Å². The number of carbonyl (C=O) groups excluding carboxylic acids is 4. The molecule has 320 valence electrons. The second-order valence-electron chi connectivity index (χ2n) is 16.4. The van der Waals surface area contributed by atoms with Crippen LogP contribution in [0, 0.1) is 5.92 Å². The minimum atomic E-state index is -0.820. The zero-order chi connectivity index (χ0) is 43.5. The number of aromatic nitrogens is 4. The first kappa shape index (κ1) is 41.8. The zero-order valence-electron chi connectivity index (χ0n) is 35.5. The Balaban J connectivity index is 0.950. The highest BCUT2D eigenvalue weighted by Crippen LogP contribution is 2.37. The minimum Gasteiger partial charge on any atom is -0.453 e. The van der Waals surface area contributed by atoms with Crippen molar-refractivity contribution in [2.75, 3.05) is 26.7 Å². The number of imidazole rings is 2. The van der Waals surface area contributed by atoms with E-state index in [2.05, 4.69) is 75.9 Å². The van der Waals surface area contributed by atoms with Crippen LogP contribution < -0.4 is 11.1 Å². The van der Waals surface area contributed by atoms with Crippen LogP contribution in [0.5, 0.6) is 0 Å².